The van der Waals surface area contributed by atoms with E-state index < -0.39 is 39.6 Å². The van der Waals surface area contributed by atoms with Gasteiger partial charge in [0.2, 0.25) is 0 Å². The second-order valence-electron chi connectivity index (χ2n) is 17.1. The summed E-state index contributed by atoms with van der Waals surface area (Å²) >= 11 is 0. The van der Waals surface area contributed by atoms with Gasteiger partial charge in [-0.1, -0.05) is 44.2 Å². The lowest BCUT2D eigenvalue weighted by molar-refractivity contribution is -0.176. The molecule has 3 saturated carbocycles. The van der Waals surface area contributed by atoms with Crippen LogP contribution in [0.15, 0.2) is 71.1 Å². The molecule has 264 valence electrons. The quantitative estimate of drug-likeness (QED) is 0.205. The van der Waals surface area contributed by atoms with Crippen molar-refractivity contribution in [3.05, 3.63) is 93.9 Å². The van der Waals surface area contributed by atoms with Crippen LogP contribution in [0.2, 0.25) is 0 Å². The number of Topliss-reactive ketones (excluding diaryl/α,β-unsaturated/α-hetero) is 1. The number of aromatic amines is 1. The summed E-state index contributed by atoms with van der Waals surface area (Å²) in [5.74, 6) is -2.22. The Labute approximate surface area is 291 Å². The van der Waals surface area contributed by atoms with Crippen LogP contribution in [0.4, 0.5) is 8.78 Å². The Morgan fingerprint density at radius 3 is 2.42 bits per heavy atom. The van der Waals surface area contributed by atoms with E-state index in [0.717, 1.165) is 74.8 Å². The molecular formula is C41H47F2N3O4. The third-order valence-corrected chi connectivity index (χ3v) is 15.2. The van der Waals surface area contributed by atoms with Gasteiger partial charge in [-0.3, -0.25) is 9.36 Å². The van der Waals surface area contributed by atoms with E-state index >= 15 is 0 Å². The van der Waals surface area contributed by atoms with Gasteiger partial charge in [0.25, 0.3) is 0 Å². The number of fused-ring (bicyclic) bond motifs is 2. The van der Waals surface area contributed by atoms with E-state index in [2.05, 4.69) is 42.0 Å². The van der Waals surface area contributed by atoms with E-state index in [1.54, 1.807) is 0 Å². The zero-order valence-corrected chi connectivity index (χ0v) is 28.9. The van der Waals surface area contributed by atoms with E-state index in [9.17, 15) is 28.6 Å². The van der Waals surface area contributed by atoms with Crippen molar-refractivity contribution < 1.29 is 23.8 Å². The maximum absolute atomic E-state index is 14.6. The summed E-state index contributed by atoms with van der Waals surface area (Å²) in [5, 5.41) is 23.8. The number of nitrogens with zero attached hydrogens (tertiary/aromatic N) is 2. The molecule has 0 radical (unpaired) electrons. The van der Waals surface area contributed by atoms with Crippen molar-refractivity contribution in [3.63, 3.8) is 0 Å². The standard InChI is InChI=1S/C41H47F2N3O4/c1-37-14-9-27(47)22-39(37)17-18-41(28(23-39)35(48)25-7-8-29(42)30(43)21-25)33(37)10-15-38(2)34(41)11-16-40(38,50)24-45-19-12-26(13-20-45)46-32-6-4-3-5-31(32)44-36(46)49/h3-8,17-18,21,23,26-27,33-34,47,50H,9-16,19-20,22,24H2,1-2H3,(H,44,49). The monoisotopic (exact) mass is 683 g/mol. The molecule has 0 amide bonds. The van der Waals surface area contributed by atoms with Crippen LogP contribution in [-0.2, 0) is 0 Å². The summed E-state index contributed by atoms with van der Waals surface area (Å²) in [6, 6.07) is 11.3. The average molecular weight is 684 g/mol. The molecule has 3 N–H and O–H groups in total. The predicted molar refractivity (Wildman–Crippen MR) is 187 cm³/mol. The number of carbonyl (C=O) groups is 1. The number of benzene rings is 2. The van der Waals surface area contributed by atoms with Crippen molar-refractivity contribution >= 4 is 16.8 Å². The molecule has 7 aliphatic rings. The first kappa shape index (κ1) is 32.5. The van der Waals surface area contributed by atoms with E-state index in [1.807, 2.05) is 28.8 Å². The molecule has 9 heteroatoms. The minimum Gasteiger partial charge on any atom is -0.393 e. The van der Waals surface area contributed by atoms with E-state index in [1.165, 1.54) is 6.07 Å². The molecule has 2 spiro atoms. The van der Waals surface area contributed by atoms with Gasteiger partial charge in [0, 0.05) is 53.1 Å². The first-order chi connectivity index (χ1) is 23.8. The number of hydrogen-bond acceptors (Lipinski definition) is 5. The first-order valence-corrected chi connectivity index (χ1v) is 18.6. The Bertz CT molecular complexity index is 2030. The van der Waals surface area contributed by atoms with Gasteiger partial charge < -0.3 is 20.1 Å². The van der Waals surface area contributed by atoms with Crippen molar-refractivity contribution in [2.24, 2.45) is 33.5 Å². The van der Waals surface area contributed by atoms with Gasteiger partial charge in [0.05, 0.1) is 22.7 Å². The number of aliphatic hydroxyl groups excluding tert-OH is 1. The van der Waals surface area contributed by atoms with Crippen LogP contribution in [0.3, 0.4) is 0 Å². The van der Waals surface area contributed by atoms with Gasteiger partial charge in [0.15, 0.2) is 17.4 Å². The normalized spacial score (nSPS) is 39.6. The smallest absolute Gasteiger partial charge is 0.326 e. The fourth-order valence-corrected chi connectivity index (χ4v) is 12.5. The summed E-state index contributed by atoms with van der Waals surface area (Å²) in [6.45, 7) is 6.64. The molecule has 6 aliphatic carbocycles. The number of aromatic nitrogens is 2. The van der Waals surface area contributed by atoms with Gasteiger partial charge in [-0.25, -0.2) is 13.6 Å². The molecule has 7 nitrogen and oxygen atoms in total. The van der Waals surface area contributed by atoms with Crippen LogP contribution in [0.5, 0.6) is 0 Å². The molecule has 1 aliphatic heterocycles. The van der Waals surface area contributed by atoms with Crippen molar-refractivity contribution in [2.75, 3.05) is 19.6 Å². The van der Waals surface area contributed by atoms with Crippen LogP contribution in [0.1, 0.15) is 88.0 Å². The minimum atomic E-state index is -1.04. The molecule has 2 heterocycles. The van der Waals surface area contributed by atoms with E-state index in [0.29, 0.717) is 31.4 Å². The second kappa shape index (κ2) is 10.8. The lowest BCUT2D eigenvalue weighted by atomic mass is 9.32. The van der Waals surface area contributed by atoms with Crippen molar-refractivity contribution in [2.45, 2.75) is 89.4 Å². The van der Waals surface area contributed by atoms with Crippen LogP contribution in [0, 0.1) is 45.1 Å². The highest BCUT2D eigenvalue weighted by Gasteiger charge is 2.74. The number of carbonyl (C=O) groups excluding carboxylic acids is 1. The average Bonchev–Trinajstić information content (AvgIpc) is 3.57. The Morgan fingerprint density at radius 1 is 0.920 bits per heavy atom. The number of hydrogen-bond donors (Lipinski definition) is 3. The zero-order valence-electron chi connectivity index (χ0n) is 28.9. The lowest BCUT2D eigenvalue weighted by Gasteiger charge is -2.71. The topological polar surface area (TPSA) is 98.6 Å². The van der Waals surface area contributed by atoms with E-state index in [4.69, 9.17) is 0 Å². The molecule has 1 saturated heterocycles. The van der Waals surface area contributed by atoms with Gasteiger partial charge in [-0.2, -0.15) is 0 Å². The van der Waals surface area contributed by atoms with Gasteiger partial charge >= 0.3 is 5.69 Å². The number of aliphatic hydroxyl groups is 2. The number of piperidine rings is 1. The molecule has 1 aromatic heterocycles. The molecule has 8 unspecified atom stereocenters. The number of imidazole rings is 1. The lowest BCUT2D eigenvalue weighted by Crippen LogP contribution is -2.67. The van der Waals surface area contributed by atoms with Crippen molar-refractivity contribution in [1.82, 2.24) is 14.5 Å². The van der Waals surface area contributed by atoms with Crippen LogP contribution < -0.4 is 5.69 Å². The zero-order chi connectivity index (χ0) is 34.8. The van der Waals surface area contributed by atoms with Gasteiger partial charge in [-0.05, 0) is 105 Å². The summed E-state index contributed by atoms with van der Waals surface area (Å²) in [7, 11) is 0. The highest BCUT2D eigenvalue weighted by molar-refractivity contribution is 6.10. The largest absolute Gasteiger partial charge is 0.393 e. The molecule has 4 fully saturated rings. The van der Waals surface area contributed by atoms with Gasteiger partial charge in [-0.15, -0.1) is 0 Å². The van der Waals surface area contributed by atoms with E-state index in [-0.39, 0.29) is 40.3 Å². The van der Waals surface area contributed by atoms with Crippen molar-refractivity contribution in [3.8, 4) is 0 Å². The number of allylic oxidation sites excluding steroid dienone is 4. The highest BCUT2D eigenvalue weighted by atomic mass is 19.2. The molecule has 8 atom stereocenters. The number of halogens is 2. The Hall–Kier alpha value is -3.40. The number of rotatable bonds is 5. The van der Waals surface area contributed by atoms with Crippen LogP contribution in [-0.4, -0.2) is 61.8 Å². The Balaban J connectivity index is 1.04. The molecule has 2 aromatic carbocycles. The summed E-state index contributed by atoms with van der Waals surface area (Å²) < 4.78 is 30.5. The number of likely N-dealkylation sites (tertiary alicyclic amines) is 1. The fourth-order valence-electron chi connectivity index (χ4n) is 12.5. The SMILES string of the molecule is CC12CCC(O)CC13C=CC1(C(C(=O)c4ccc(F)c(F)c4)=C3)C2CCC2(C)C1CCC2(O)CN1CCC(n2c(=O)[nH]c3ccccc32)CC1. The highest BCUT2D eigenvalue weighted by Crippen LogP contribution is 2.78. The second-order valence-corrected chi connectivity index (χ2v) is 17.1. The third kappa shape index (κ3) is 4.17. The van der Waals surface area contributed by atoms with Crippen LogP contribution >= 0.6 is 0 Å². The fraction of sp³-hybridized carbons (Fsp3) is 0.561. The molecular weight excluding hydrogens is 636 g/mol. The molecule has 2 bridgehead atoms. The minimum absolute atomic E-state index is 0.0280. The maximum Gasteiger partial charge on any atom is 0.326 e. The Morgan fingerprint density at radius 2 is 1.64 bits per heavy atom. The molecule has 3 aromatic rings. The molecule has 50 heavy (non-hydrogen) atoms. The Kier molecular flexibility index (Phi) is 7.03. The number of β-amino-alcohol motifs (C(OH)–C–C–N with tert-alkyl or cyclic N) is 1. The van der Waals surface area contributed by atoms with Crippen molar-refractivity contribution in [1.29, 1.82) is 0 Å². The number of nitrogens with one attached hydrogen (secondary N) is 1. The summed E-state index contributed by atoms with van der Waals surface area (Å²) in [6.07, 6.45) is 12.9. The number of para-hydroxylation sites is 2. The predicted octanol–water partition coefficient (Wildman–Crippen LogP) is 6.72. The third-order valence-electron chi connectivity index (χ3n) is 15.2. The van der Waals surface area contributed by atoms with Gasteiger partial charge in [0.1, 0.15) is 0 Å². The summed E-state index contributed by atoms with van der Waals surface area (Å²) in [5.41, 5.74) is -0.354. The summed E-state index contributed by atoms with van der Waals surface area (Å²) in [4.78, 5) is 32.9. The maximum atomic E-state index is 14.6. The molecule has 10 rings (SSSR count). The van der Waals surface area contributed by atoms with Crippen LogP contribution in [0.25, 0.3) is 11.0 Å². The number of ketones is 1. The number of H-pyrrole nitrogens is 1. The first-order valence-electron chi connectivity index (χ1n) is 18.6.